The summed E-state index contributed by atoms with van der Waals surface area (Å²) in [5.74, 6) is -3.85. The molecule has 26 heavy (non-hydrogen) atoms. The molecule has 10 heteroatoms. The highest BCUT2D eigenvalue weighted by Gasteiger charge is 2.07. The maximum Gasteiger partial charge on any atom is 0.270 e. The molecule has 2 aromatic rings. The van der Waals surface area contributed by atoms with E-state index in [2.05, 4.69) is 20.6 Å². The Balaban J connectivity index is 1.78. The topological polar surface area (TPSA) is 79.8 Å². The molecule has 0 spiro atoms. The first-order valence-corrected chi connectivity index (χ1v) is 7.39. The molecule has 0 bridgehead atoms. The van der Waals surface area contributed by atoms with E-state index in [9.17, 15) is 22.8 Å². The Kier molecular flexibility index (Phi) is 6.56. The summed E-state index contributed by atoms with van der Waals surface area (Å²) in [6, 6.07) is 6.21. The lowest BCUT2D eigenvalue weighted by Gasteiger charge is -2.05. The minimum absolute atomic E-state index is 0.161. The molecule has 0 aliphatic heterocycles. The van der Waals surface area contributed by atoms with Crippen molar-refractivity contribution in [2.24, 2.45) is 5.16 Å². The van der Waals surface area contributed by atoms with Crippen LogP contribution in [0.2, 0.25) is 5.02 Å². The van der Waals surface area contributed by atoms with Gasteiger partial charge in [-0.3, -0.25) is 9.59 Å². The molecule has 0 atom stereocenters. The van der Waals surface area contributed by atoms with Crippen LogP contribution >= 0.6 is 11.6 Å². The Morgan fingerprint density at radius 1 is 1.08 bits per heavy atom. The Hall–Kier alpha value is -3.07. The van der Waals surface area contributed by atoms with Crippen LogP contribution in [0.4, 0.5) is 24.5 Å². The number of nitrogens with one attached hydrogen (secondary N) is 2. The van der Waals surface area contributed by atoms with Crippen LogP contribution in [0.25, 0.3) is 0 Å². The SMILES string of the molecule is O=C(/C=N/OCC(=O)Nc1ccc(F)c(Cl)c1)Nc1ccc(F)cc1F. The van der Waals surface area contributed by atoms with Crippen molar-refractivity contribution in [3.63, 3.8) is 0 Å². The molecule has 2 amide bonds. The average molecular weight is 386 g/mol. The summed E-state index contributed by atoms with van der Waals surface area (Å²) in [6.45, 7) is -0.538. The summed E-state index contributed by atoms with van der Waals surface area (Å²) in [4.78, 5) is 27.7. The van der Waals surface area contributed by atoms with Gasteiger partial charge < -0.3 is 15.5 Å². The first kappa shape index (κ1) is 19.3. The monoisotopic (exact) mass is 385 g/mol. The number of amides is 2. The maximum atomic E-state index is 13.3. The van der Waals surface area contributed by atoms with Gasteiger partial charge in [-0.1, -0.05) is 16.8 Å². The van der Waals surface area contributed by atoms with Gasteiger partial charge in [-0.05, 0) is 30.3 Å². The zero-order chi connectivity index (χ0) is 19.1. The number of carbonyl (C=O) groups excluding carboxylic acids is 2. The average Bonchev–Trinajstić information content (AvgIpc) is 2.58. The number of hydrogen-bond acceptors (Lipinski definition) is 4. The number of rotatable bonds is 6. The van der Waals surface area contributed by atoms with Gasteiger partial charge in [0.15, 0.2) is 6.61 Å². The van der Waals surface area contributed by atoms with E-state index >= 15 is 0 Å². The number of halogens is 4. The molecule has 136 valence electrons. The Labute approximate surface area is 150 Å². The third-order valence-corrected chi connectivity index (χ3v) is 3.12. The molecule has 0 fully saturated rings. The molecule has 0 saturated heterocycles. The van der Waals surface area contributed by atoms with Crippen molar-refractivity contribution in [1.29, 1.82) is 0 Å². The Morgan fingerprint density at radius 3 is 2.54 bits per heavy atom. The van der Waals surface area contributed by atoms with Gasteiger partial charge in [-0.2, -0.15) is 0 Å². The van der Waals surface area contributed by atoms with Crippen molar-refractivity contribution in [3.8, 4) is 0 Å². The second kappa shape index (κ2) is 8.86. The molecule has 0 radical (unpaired) electrons. The molecular formula is C16H11ClF3N3O3. The summed E-state index contributed by atoms with van der Waals surface area (Å²) < 4.78 is 39.1. The van der Waals surface area contributed by atoms with E-state index in [1.54, 1.807) is 0 Å². The zero-order valence-electron chi connectivity index (χ0n) is 12.9. The predicted octanol–water partition coefficient (Wildman–Crippen LogP) is 3.34. The fraction of sp³-hybridized carbons (Fsp3) is 0.0625. The summed E-state index contributed by atoms with van der Waals surface area (Å²) in [5.41, 5.74) is 0.00675. The van der Waals surface area contributed by atoms with Gasteiger partial charge in [0.2, 0.25) is 0 Å². The van der Waals surface area contributed by atoms with E-state index in [-0.39, 0.29) is 16.4 Å². The number of benzene rings is 2. The van der Waals surface area contributed by atoms with Crippen molar-refractivity contribution in [3.05, 3.63) is 58.9 Å². The van der Waals surface area contributed by atoms with Crippen LogP contribution < -0.4 is 10.6 Å². The predicted molar refractivity (Wildman–Crippen MR) is 89.5 cm³/mol. The van der Waals surface area contributed by atoms with Crippen LogP contribution in [0.15, 0.2) is 41.6 Å². The number of oxime groups is 1. The number of nitrogens with zero attached hydrogens (tertiary/aromatic N) is 1. The van der Waals surface area contributed by atoms with Gasteiger partial charge in [0.05, 0.1) is 10.7 Å². The van der Waals surface area contributed by atoms with Crippen molar-refractivity contribution in [1.82, 2.24) is 0 Å². The van der Waals surface area contributed by atoms with Gasteiger partial charge >= 0.3 is 0 Å². The standard InChI is InChI=1S/C16H11ClF3N3O3/c17-11-6-10(2-3-12(11)19)22-16(25)8-26-21-7-15(24)23-14-4-1-9(18)5-13(14)20/h1-7H,8H2,(H,22,25)(H,23,24)/b21-7+. The van der Waals surface area contributed by atoms with Gasteiger partial charge in [0.25, 0.3) is 11.8 Å². The van der Waals surface area contributed by atoms with Crippen LogP contribution in [-0.2, 0) is 14.4 Å². The van der Waals surface area contributed by atoms with Gasteiger partial charge in [-0.25, -0.2) is 13.2 Å². The molecule has 0 saturated carbocycles. The second-order valence-electron chi connectivity index (χ2n) is 4.80. The Morgan fingerprint density at radius 2 is 1.85 bits per heavy atom. The molecule has 0 heterocycles. The van der Waals surface area contributed by atoms with Crippen molar-refractivity contribution >= 4 is 41.0 Å². The van der Waals surface area contributed by atoms with Crippen molar-refractivity contribution in [2.75, 3.05) is 17.2 Å². The quantitative estimate of drug-likeness (QED) is 0.591. The van der Waals surface area contributed by atoms with E-state index in [0.29, 0.717) is 12.3 Å². The van der Waals surface area contributed by atoms with E-state index < -0.39 is 35.9 Å². The minimum Gasteiger partial charge on any atom is -0.385 e. The van der Waals surface area contributed by atoms with E-state index in [1.165, 1.54) is 12.1 Å². The van der Waals surface area contributed by atoms with Crippen LogP contribution in [-0.4, -0.2) is 24.6 Å². The zero-order valence-corrected chi connectivity index (χ0v) is 13.7. The third kappa shape index (κ3) is 5.78. The van der Waals surface area contributed by atoms with Gasteiger partial charge in [0, 0.05) is 11.8 Å². The number of carbonyl (C=O) groups is 2. The van der Waals surface area contributed by atoms with Crippen LogP contribution in [0.5, 0.6) is 0 Å². The molecule has 0 aliphatic rings. The lowest BCUT2D eigenvalue weighted by molar-refractivity contribution is -0.120. The maximum absolute atomic E-state index is 13.3. The molecule has 6 nitrogen and oxygen atoms in total. The minimum atomic E-state index is -0.954. The summed E-state index contributed by atoms with van der Waals surface area (Å²) in [5, 5.41) is 7.58. The molecule has 2 N–H and O–H groups in total. The fourth-order valence-corrected chi connectivity index (χ4v) is 1.89. The summed E-state index contributed by atoms with van der Waals surface area (Å²) >= 11 is 5.57. The van der Waals surface area contributed by atoms with Crippen LogP contribution in [0, 0.1) is 17.5 Å². The van der Waals surface area contributed by atoms with E-state index in [0.717, 1.165) is 18.2 Å². The molecule has 2 aromatic carbocycles. The summed E-state index contributed by atoms with van der Waals surface area (Å²) in [6.07, 6.45) is 0.671. The first-order valence-electron chi connectivity index (χ1n) is 7.01. The largest absolute Gasteiger partial charge is 0.385 e. The molecule has 0 aromatic heterocycles. The lowest BCUT2D eigenvalue weighted by atomic mass is 10.3. The van der Waals surface area contributed by atoms with E-state index in [1.807, 2.05) is 0 Å². The van der Waals surface area contributed by atoms with Crippen LogP contribution in [0.1, 0.15) is 0 Å². The van der Waals surface area contributed by atoms with E-state index in [4.69, 9.17) is 11.6 Å². The smallest absolute Gasteiger partial charge is 0.270 e. The highest BCUT2D eigenvalue weighted by molar-refractivity contribution is 6.31. The highest BCUT2D eigenvalue weighted by atomic mass is 35.5. The lowest BCUT2D eigenvalue weighted by Crippen LogP contribution is -2.18. The van der Waals surface area contributed by atoms with Crippen molar-refractivity contribution < 1.29 is 27.6 Å². The first-order chi connectivity index (χ1) is 12.3. The molecular weight excluding hydrogens is 375 g/mol. The van der Waals surface area contributed by atoms with Gasteiger partial charge in [0.1, 0.15) is 23.7 Å². The van der Waals surface area contributed by atoms with Gasteiger partial charge in [-0.15, -0.1) is 0 Å². The molecule has 0 unspecified atom stereocenters. The number of anilines is 2. The highest BCUT2D eigenvalue weighted by Crippen LogP contribution is 2.19. The Bertz CT molecular complexity index is 862. The second-order valence-corrected chi connectivity index (χ2v) is 5.21. The molecule has 0 aliphatic carbocycles. The fourth-order valence-electron chi connectivity index (χ4n) is 1.71. The third-order valence-electron chi connectivity index (χ3n) is 2.83. The van der Waals surface area contributed by atoms with Crippen molar-refractivity contribution in [2.45, 2.75) is 0 Å². The molecule has 2 rings (SSSR count). The summed E-state index contributed by atoms with van der Waals surface area (Å²) in [7, 11) is 0. The van der Waals surface area contributed by atoms with Crippen LogP contribution in [0.3, 0.4) is 0 Å². The number of hydrogen-bond donors (Lipinski definition) is 2. The normalized spacial score (nSPS) is 10.6.